The number of thioether (sulfide) groups is 1. The van der Waals surface area contributed by atoms with Crippen LogP contribution in [-0.2, 0) is 9.59 Å². The number of carbonyl (C=O) groups is 2. The van der Waals surface area contributed by atoms with E-state index in [0.29, 0.717) is 22.8 Å². The van der Waals surface area contributed by atoms with Gasteiger partial charge in [0.05, 0.1) is 17.1 Å². The summed E-state index contributed by atoms with van der Waals surface area (Å²) >= 11 is 1.06. The number of para-hydroxylation sites is 1. The number of hydrogen-bond donors (Lipinski definition) is 1. The monoisotopic (exact) mass is 428 g/mol. The number of amidine groups is 2. The van der Waals surface area contributed by atoms with Crippen molar-refractivity contribution < 1.29 is 18.4 Å². The lowest BCUT2D eigenvalue weighted by molar-refractivity contribution is -0.125. The van der Waals surface area contributed by atoms with Gasteiger partial charge in [0.2, 0.25) is 5.91 Å². The molecule has 4 rings (SSSR count). The summed E-state index contributed by atoms with van der Waals surface area (Å²) in [4.78, 5) is 35.8. The van der Waals surface area contributed by atoms with E-state index in [4.69, 9.17) is 0 Å². The van der Waals surface area contributed by atoms with Crippen LogP contribution in [0.2, 0.25) is 0 Å². The van der Waals surface area contributed by atoms with Gasteiger partial charge in [0.15, 0.2) is 5.17 Å². The summed E-state index contributed by atoms with van der Waals surface area (Å²) in [6.07, 6.45) is 0. The first kappa shape index (κ1) is 20.2. The molecule has 2 amide bonds. The van der Waals surface area contributed by atoms with Crippen molar-refractivity contribution in [3.63, 3.8) is 0 Å². The highest BCUT2D eigenvalue weighted by Gasteiger charge is 2.42. The highest BCUT2D eigenvalue weighted by molar-refractivity contribution is 8.14. The molecule has 1 atom stereocenters. The van der Waals surface area contributed by atoms with E-state index in [0.717, 1.165) is 29.5 Å². The second-order valence-electron chi connectivity index (χ2n) is 7.19. The maximum atomic E-state index is 13.8. The van der Waals surface area contributed by atoms with E-state index in [-0.39, 0.29) is 23.3 Å². The van der Waals surface area contributed by atoms with Crippen LogP contribution in [-0.4, -0.2) is 39.5 Å². The number of rotatable bonds is 4. The van der Waals surface area contributed by atoms with E-state index in [2.05, 4.69) is 15.3 Å². The molecule has 2 aliphatic heterocycles. The van der Waals surface area contributed by atoms with Gasteiger partial charge in [0.1, 0.15) is 23.5 Å². The van der Waals surface area contributed by atoms with Crippen LogP contribution in [0.5, 0.6) is 0 Å². The van der Waals surface area contributed by atoms with Crippen molar-refractivity contribution in [3.05, 3.63) is 59.7 Å². The molecule has 1 N–H and O–H groups in total. The quantitative estimate of drug-likeness (QED) is 0.801. The Kier molecular flexibility index (Phi) is 5.38. The van der Waals surface area contributed by atoms with Gasteiger partial charge in [0.25, 0.3) is 5.91 Å². The van der Waals surface area contributed by atoms with Gasteiger partial charge in [-0.05, 0) is 30.2 Å². The molecule has 0 fully saturated rings. The fraction of sp³-hybridized carbons (Fsp3) is 0.238. The van der Waals surface area contributed by atoms with Crippen molar-refractivity contribution in [1.29, 1.82) is 0 Å². The SMILES string of the molecule is CC(C)[C@@H]1N=C2c3ccccc3N=C(SCC(=O)Nc3ccc(F)cc3F)N2C1=O. The van der Waals surface area contributed by atoms with E-state index in [1.807, 2.05) is 38.1 Å². The molecule has 9 heteroatoms. The van der Waals surface area contributed by atoms with E-state index in [9.17, 15) is 18.4 Å². The van der Waals surface area contributed by atoms with Crippen molar-refractivity contribution >= 4 is 46.0 Å². The van der Waals surface area contributed by atoms with Crippen LogP contribution >= 0.6 is 11.8 Å². The summed E-state index contributed by atoms with van der Waals surface area (Å²) in [5, 5.41) is 2.75. The Bertz CT molecular complexity index is 1100. The number of benzene rings is 2. The maximum absolute atomic E-state index is 13.8. The number of carbonyl (C=O) groups excluding carboxylic acids is 2. The number of anilines is 1. The van der Waals surface area contributed by atoms with Crippen molar-refractivity contribution in [2.24, 2.45) is 15.9 Å². The topological polar surface area (TPSA) is 74.1 Å². The van der Waals surface area contributed by atoms with E-state index in [1.54, 1.807) is 0 Å². The third kappa shape index (κ3) is 3.72. The molecule has 2 aromatic carbocycles. The lowest BCUT2D eigenvalue weighted by Gasteiger charge is -2.25. The van der Waals surface area contributed by atoms with E-state index in [1.165, 1.54) is 4.90 Å². The van der Waals surface area contributed by atoms with Gasteiger partial charge < -0.3 is 5.32 Å². The zero-order valence-electron chi connectivity index (χ0n) is 16.2. The van der Waals surface area contributed by atoms with E-state index < -0.39 is 23.6 Å². The molecular formula is C21H18F2N4O2S. The zero-order chi connectivity index (χ0) is 21.4. The largest absolute Gasteiger partial charge is 0.323 e. The fourth-order valence-electron chi connectivity index (χ4n) is 3.21. The Morgan fingerprint density at radius 3 is 2.73 bits per heavy atom. The van der Waals surface area contributed by atoms with Crippen LogP contribution < -0.4 is 5.32 Å². The second kappa shape index (κ2) is 7.98. The predicted octanol–water partition coefficient (Wildman–Crippen LogP) is 3.95. The van der Waals surface area contributed by atoms with Gasteiger partial charge >= 0.3 is 0 Å². The standard InChI is InChI=1S/C21H18F2N4O2S/c1-11(2)18-20(29)27-19(26-18)13-5-3-4-6-15(13)25-21(27)30-10-17(28)24-16-8-7-12(22)9-14(16)23/h3-9,11,18H,10H2,1-2H3,(H,24,28)/t18-/m0/s1. The normalized spacial score (nSPS) is 17.4. The molecule has 154 valence electrons. The number of hydrogen-bond acceptors (Lipinski definition) is 5. The summed E-state index contributed by atoms with van der Waals surface area (Å²) in [7, 11) is 0. The molecule has 30 heavy (non-hydrogen) atoms. The van der Waals surface area contributed by atoms with Gasteiger partial charge in [-0.3, -0.25) is 14.6 Å². The van der Waals surface area contributed by atoms with Gasteiger partial charge in [-0.15, -0.1) is 0 Å². The maximum Gasteiger partial charge on any atom is 0.259 e. The minimum Gasteiger partial charge on any atom is -0.323 e. The number of halogens is 2. The van der Waals surface area contributed by atoms with Gasteiger partial charge in [0, 0.05) is 11.6 Å². The first-order valence-electron chi connectivity index (χ1n) is 9.32. The van der Waals surface area contributed by atoms with Gasteiger partial charge in [-0.1, -0.05) is 37.7 Å². The fourth-order valence-corrected chi connectivity index (χ4v) is 4.01. The number of nitrogens with one attached hydrogen (secondary N) is 1. The zero-order valence-corrected chi connectivity index (χ0v) is 17.0. The lowest BCUT2D eigenvalue weighted by Crippen LogP contribution is -2.42. The van der Waals surface area contributed by atoms with Crippen molar-refractivity contribution in [1.82, 2.24) is 4.90 Å². The Labute approximate surface area is 176 Å². The molecule has 0 spiro atoms. The molecule has 6 nitrogen and oxygen atoms in total. The van der Waals surface area contributed by atoms with Crippen LogP contribution in [0.1, 0.15) is 19.4 Å². The predicted molar refractivity (Wildman–Crippen MR) is 113 cm³/mol. The molecule has 2 heterocycles. The molecule has 0 aromatic heterocycles. The first-order valence-corrected chi connectivity index (χ1v) is 10.3. The third-order valence-corrected chi connectivity index (χ3v) is 5.61. The molecular weight excluding hydrogens is 410 g/mol. The molecule has 2 aliphatic rings. The van der Waals surface area contributed by atoms with E-state index >= 15 is 0 Å². The van der Waals surface area contributed by atoms with Crippen molar-refractivity contribution in [2.45, 2.75) is 19.9 Å². The third-order valence-electron chi connectivity index (χ3n) is 4.67. The molecule has 0 saturated heterocycles. The number of aliphatic imine (C=N–C) groups is 2. The lowest BCUT2D eigenvalue weighted by atomic mass is 10.1. The summed E-state index contributed by atoms with van der Waals surface area (Å²) in [6.45, 7) is 3.84. The van der Waals surface area contributed by atoms with Crippen LogP contribution in [0.15, 0.2) is 52.4 Å². The summed E-state index contributed by atoms with van der Waals surface area (Å²) in [5.74, 6) is -1.85. The number of nitrogens with zero attached hydrogens (tertiary/aromatic N) is 3. The average Bonchev–Trinajstić information content (AvgIpc) is 3.06. The Morgan fingerprint density at radius 2 is 2.00 bits per heavy atom. The summed E-state index contributed by atoms with van der Waals surface area (Å²) in [6, 6.07) is 9.76. The van der Waals surface area contributed by atoms with Crippen LogP contribution in [0, 0.1) is 17.6 Å². The molecule has 0 radical (unpaired) electrons. The Balaban J connectivity index is 1.55. The van der Waals surface area contributed by atoms with Gasteiger partial charge in [-0.25, -0.2) is 18.7 Å². The average molecular weight is 428 g/mol. The Hall–Kier alpha value is -3.07. The van der Waals surface area contributed by atoms with Crippen molar-refractivity contribution in [3.8, 4) is 0 Å². The van der Waals surface area contributed by atoms with Gasteiger partial charge in [-0.2, -0.15) is 0 Å². The van der Waals surface area contributed by atoms with Crippen LogP contribution in [0.4, 0.5) is 20.2 Å². The number of fused-ring (bicyclic) bond motifs is 3. The minimum atomic E-state index is -0.860. The smallest absolute Gasteiger partial charge is 0.259 e. The molecule has 0 aliphatic carbocycles. The molecule has 2 aromatic rings. The first-order chi connectivity index (χ1) is 14.3. The second-order valence-corrected chi connectivity index (χ2v) is 8.13. The summed E-state index contributed by atoms with van der Waals surface area (Å²) in [5.41, 5.74) is 1.31. The molecule has 0 unspecified atom stereocenters. The Morgan fingerprint density at radius 1 is 1.23 bits per heavy atom. The van der Waals surface area contributed by atoms with Crippen LogP contribution in [0.3, 0.4) is 0 Å². The minimum absolute atomic E-state index is 0.0127. The van der Waals surface area contributed by atoms with Crippen LogP contribution in [0.25, 0.3) is 0 Å². The molecule has 0 bridgehead atoms. The highest BCUT2D eigenvalue weighted by atomic mass is 32.2. The highest BCUT2D eigenvalue weighted by Crippen LogP contribution is 2.34. The van der Waals surface area contributed by atoms with Crippen molar-refractivity contribution in [2.75, 3.05) is 11.1 Å². The number of amides is 2. The molecule has 0 saturated carbocycles. The summed E-state index contributed by atoms with van der Waals surface area (Å²) < 4.78 is 26.8.